The summed E-state index contributed by atoms with van der Waals surface area (Å²) in [6, 6.07) is 9.02. The van der Waals surface area contributed by atoms with Gasteiger partial charge >= 0.3 is 0 Å². The highest BCUT2D eigenvalue weighted by atomic mass is 35.5. The van der Waals surface area contributed by atoms with Gasteiger partial charge in [0, 0.05) is 13.1 Å². The number of ether oxygens (including phenoxy) is 2. The number of benzene rings is 2. The Labute approximate surface area is 177 Å². The third-order valence-corrected chi connectivity index (χ3v) is 5.68. The van der Waals surface area contributed by atoms with Gasteiger partial charge in [-0.3, -0.25) is 9.69 Å². The maximum Gasteiger partial charge on any atom is 0.266 e. The molecule has 0 fully saturated rings. The average molecular weight is 438 g/mol. The van der Waals surface area contributed by atoms with Crippen LogP contribution in [0.15, 0.2) is 36.4 Å². The van der Waals surface area contributed by atoms with Gasteiger partial charge in [-0.15, -0.1) is 0 Å². The first kappa shape index (κ1) is 21.3. The van der Waals surface area contributed by atoms with Crippen molar-refractivity contribution in [3.8, 4) is 11.5 Å². The lowest BCUT2D eigenvalue weighted by Gasteiger charge is -2.22. The van der Waals surface area contributed by atoms with Crippen LogP contribution in [0, 0.1) is 5.82 Å². The fourth-order valence-electron chi connectivity index (χ4n) is 2.60. The number of hydrogen-bond acceptors (Lipinski definition) is 6. The molecule has 3 rings (SSSR count). The SMILES string of the molecule is COc1ccc(Cl)c2sc(N(CCN(C)C)C(=O)COc3ccc(F)cc3)nc12. The molecule has 0 aliphatic carbocycles. The Morgan fingerprint density at radius 3 is 2.55 bits per heavy atom. The number of rotatable bonds is 8. The van der Waals surface area contributed by atoms with Crippen LogP contribution in [-0.4, -0.2) is 56.7 Å². The monoisotopic (exact) mass is 437 g/mol. The number of aromatic nitrogens is 1. The molecule has 0 spiro atoms. The topological polar surface area (TPSA) is 54.9 Å². The summed E-state index contributed by atoms with van der Waals surface area (Å²) in [6.07, 6.45) is 0. The molecular weight excluding hydrogens is 417 g/mol. The number of carbonyl (C=O) groups is 1. The minimum absolute atomic E-state index is 0.195. The first-order valence-electron chi connectivity index (χ1n) is 8.85. The summed E-state index contributed by atoms with van der Waals surface area (Å²) < 4.78 is 24.7. The first-order valence-corrected chi connectivity index (χ1v) is 10.0. The number of nitrogens with zero attached hydrogens (tertiary/aromatic N) is 3. The van der Waals surface area contributed by atoms with Gasteiger partial charge in [0.25, 0.3) is 5.91 Å². The zero-order valence-corrected chi connectivity index (χ0v) is 17.9. The van der Waals surface area contributed by atoms with Gasteiger partial charge < -0.3 is 14.4 Å². The largest absolute Gasteiger partial charge is 0.494 e. The fraction of sp³-hybridized carbons (Fsp3) is 0.300. The minimum Gasteiger partial charge on any atom is -0.494 e. The van der Waals surface area contributed by atoms with E-state index in [1.165, 1.54) is 35.6 Å². The molecular formula is C20H21ClFN3O3S. The lowest BCUT2D eigenvalue weighted by Crippen LogP contribution is -2.39. The van der Waals surface area contributed by atoms with Crippen LogP contribution >= 0.6 is 22.9 Å². The van der Waals surface area contributed by atoms with Crippen LogP contribution in [-0.2, 0) is 4.79 Å². The highest BCUT2D eigenvalue weighted by Crippen LogP contribution is 2.38. The average Bonchev–Trinajstić information content (AvgIpc) is 3.14. The molecule has 154 valence electrons. The van der Waals surface area contributed by atoms with Gasteiger partial charge in [0.15, 0.2) is 11.7 Å². The smallest absolute Gasteiger partial charge is 0.266 e. The van der Waals surface area contributed by atoms with Gasteiger partial charge in [-0.2, -0.15) is 0 Å². The Balaban J connectivity index is 1.86. The van der Waals surface area contributed by atoms with E-state index in [2.05, 4.69) is 4.98 Å². The summed E-state index contributed by atoms with van der Waals surface area (Å²) in [5.41, 5.74) is 0.613. The molecule has 29 heavy (non-hydrogen) atoms. The van der Waals surface area contributed by atoms with Crippen LogP contribution in [0.5, 0.6) is 11.5 Å². The van der Waals surface area contributed by atoms with E-state index < -0.39 is 0 Å². The van der Waals surface area contributed by atoms with Crippen molar-refractivity contribution in [1.29, 1.82) is 0 Å². The predicted octanol–water partition coefficient (Wildman–Crippen LogP) is 4.07. The lowest BCUT2D eigenvalue weighted by atomic mass is 10.3. The van der Waals surface area contributed by atoms with Gasteiger partial charge in [0.1, 0.15) is 22.8 Å². The van der Waals surface area contributed by atoms with E-state index in [9.17, 15) is 9.18 Å². The second kappa shape index (κ2) is 9.39. The van der Waals surface area contributed by atoms with Gasteiger partial charge in [0.2, 0.25) is 0 Å². The fourth-order valence-corrected chi connectivity index (χ4v) is 3.90. The van der Waals surface area contributed by atoms with Crippen LogP contribution in [0.25, 0.3) is 10.2 Å². The molecule has 1 amide bonds. The van der Waals surface area contributed by atoms with E-state index in [1.54, 1.807) is 24.1 Å². The molecule has 9 heteroatoms. The van der Waals surface area contributed by atoms with Crippen molar-refractivity contribution in [3.63, 3.8) is 0 Å². The molecule has 0 unspecified atom stereocenters. The second-order valence-electron chi connectivity index (χ2n) is 6.52. The molecule has 0 aliphatic rings. The molecule has 0 radical (unpaired) electrons. The number of likely N-dealkylation sites (N-methyl/N-ethyl adjacent to an activating group) is 1. The van der Waals surface area contributed by atoms with E-state index in [0.717, 1.165) is 4.70 Å². The van der Waals surface area contributed by atoms with Crippen molar-refractivity contribution in [2.75, 3.05) is 45.8 Å². The Morgan fingerprint density at radius 1 is 1.17 bits per heavy atom. The Hall–Kier alpha value is -2.42. The van der Waals surface area contributed by atoms with Crippen LogP contribution < -0.4 is 14.4 Å². The maximum atomic E-state index is 13.0. The summed E-state index contributed by atoms with van der Waals surface area (Å²) in [5.74, 6) is 0.387. The number of carbonyl (C=O) groups excluding carboxylic acids is 1. The summed E-state index contributed by atoms with van der Waals surface area (Å²) in [4.78, 5) is 21.1. The molecule has 2 aromatic carbocycles. The highest BCUT2D eigenvalue weighted by molar-refractivity contribution is 7.23. The molecule has 0 N–H and O–H groups in total. The number of halogens is 2. The van der Waals surface area contributed by atoms with Crippen molar-refractivity contribution in [1.82, 2.24) is 9.88 Å². The molecule has 0 saturated heterocycles. The van der Waals surface area contributed by atoms with Crippen molar-refractivity contribution < 1.29 is 18.7 Å². The Bertz CT molecular complexity index is 995. The quantitative estimate of drug-likeness (QED) is 0.531. The van der Waals surface area contributed by atoms with Gasteiger partial charge in [-0.1, -0.05) is 22.9 Å². The van der Waals surface area contributed by atoms with E-state index in [-0.39, 0.29) is 18.3 Å². The molecule has 0 bridgehead atoms. The summed E-state index contributed by atoms with van der Waals surface area (Å²) in [7, 11) is 5.42. The van der Waals surface area contributed by atoms with Crippen molar-refractivity contribution in [2.45, 2.75) is 0 Å². The first-order chi connectivity index (χ1) is 13.9. The number of amides is 1. The number of fused-ring (bicyclic) bond motifs is 1. The van der Waals surface area contributed by atoms with Crippen LogP contribution in [0.2, 0.25) is 5.02 Å². The third kappa shape index (κ3) is 5.14. The Kier molecular flexibility index (Phi) is 6.89. The number of hydrogen-bond donors (Lipinski definition) is 0. The highest BCUT2D eigenvalue weighted by Gasteiger charge is 2.22. The van der Waals surface area contributed by atoms with Crippen molar-refractivity contribution >= 4 is 44.2 Å². The standard InChI is InChI=1S/C20H21ClFN3O3S/c1-24(2)10-11-25(17(26)12-28-14-6-4-13(22)5-7-14)20-23-18-16(27-3)9-8-15(21)19(18)29-20/h4-9H,10-12H2,1-3H3. The summed E-state index contributed by atoms with van der Waals surface area (Å²) in [5, 5.41) is 1.06. The van der Waals surface area contributed by atoms with E-state index in [1.807, 2.05) is 19.0 Å². The predicted molar refractivity (Wildman–Crippen MR) is 114 cm³/mol. The van der Waals surface area contributed by atoms with E-state index >= 15 is 0 Å². The van der Waals surface area contributed by atoms with Gasteiger partial charge in [0.05, 0.1) is 16.8 Å². The maximum absolute atomic E-state index is 13.0. The van der Waals surface area contributed by atoms with Crippen molar-refractivity contribution in [3.05, 3.63) is 47.2 Å². The molecule has 3 aromatic rings. The molecule has 6 nitrogen and oxygen atoms in total. The second-order valence-corrected chi connectivity index (χ2v) is 7.90. The third-order valence-electron chi connectivity index (χ3n) is 4.15. The van der Waals surface area contributed by atoms with E-state index in [4.69, 9.17) is 21.1 Å². The zero-order chi connectivity index (χ0) is 21.0. The van der Waals surface area contributed by atoms with Gasteiger partial charge in [-0.25, -0.2) is 9.37 Å². The van der Waals surface area contributed by atoms with Crippen molar-refractivity contribution in [2.24, 2.45) is 0 Å². The molecule has 0 saturated carbocycles. The normalized spacial score (nSPS) is 11.1. The number of thiazole rings is 1. The van der Waals surface area contributed by atoms with Crippen LogP contribution in [0.3, 0.4) is 0 Å². The molecule has 1 heterocycles. The van der Waals surface area contributed by atoms with Gasteiger partial charge in [-0.05, 0) is 50.5 Å². The number of anilines is 1. The zero-order valence-electron chi connectivity index (χ0n) is 16.3. The molecule has 0 aliphatic heterocycles. The lowest BCUT2D eigenvalue weighted by molar-refractivity contribution is -0.120. The molecule has 1 aromatic heterocycles. The molecule has 0 atom stereocenters. The summed E-state index contributed by atoms with van der Waals surface area (Å²) >= 11 is 7.64. The minimum atomic E-state index is -0.364. The summed E-state index contributed by atoms with van der Waals surface area (Å²) in [6.45, 7) is 0.876. The van der Waals surface area contributed by atoms with Crippen LogP contribution in [0.1, 0.15) is 0 Å². The Morgan fingerprint density at radius 2 is 1.90 bits per heavy atom. The van der Waals surface area contributed by atoms with E-state index in [0.29, 0.717) is 40.3 Å². The van der Waals surface area contributed by atoms with Crippen LogP contribution in [0.4, 0.5) is 9.52 Å². The number of methoxy groups -OCH3 is 1.